The van der Waals surface area contributed by atoms with Gasteiger partial charge in [-0.3, -0.25) is 0 Å². The van der Waals surface area contributed by atoms with E-state index in [-0.39, 0.29) is 6.15 Å². The molecule has 0 saturated heterocycles. The van der Waals surface area contributed by atoms with E-state index in [1.165, 1.54) is 54.0 Å². The molecule has 1 nitrogen and oxygen atoms in total. The third kappa shape index (κ3) is 3.58. The molecule has 0 saturated carbocycles. The molecular weight excluding hydrogens is 218 g/mol. The summed E-state index contributed by atoms with van der Waals surface area (Å²) in [4.78, 5) is 0. The van der Waals surface area contributed by atoms with Crippen molar-refractivity contribution in [2.24, 2.45) is 0 Å². The van der Waals surface area contributed by atoms with Crippen LogP contribution < -0.4 is 6.15 Å². The number of benzene rings is 2. The average Bonchev–Trinajstić information content (AvgIpc) is 2.35. The van der Waals surface area contributed by atoms with E-state index in [9.17, 15) is 0 Å². The van der Waals surface area contributed by atoms with Gasteiger partial charge in [0.1, 0.15) is 0 Å². The van der Waals surface area contributed by atoms with Crippen molar-refractivity contribution in [2.45, 2.75) is 46.0 Å². The van der Waals surface area contributed by atoms with E-state index in [2.05, 4.69) is 50.2 Å². The Bertz CT molecular complexity index is 488. The van der Waals surface area contributed by atoms with Gasteiger partial charge >= 0.3 is 0 Å². The number of hydrogen-bond acceptors (Lipinski definition) is 1. The van der Waals surface area contributed by atoms with E-state index in [4.69, 9.17) is 0 Å². The highest BCUT2D eigenvalue weighted by Crippen LogP contribution is 2.22. The molecule has 18 heavy (non-hydrogen) atoms. The molecule has 98 valence electrons. The van der Waals surface area contributed by atoms with E-state index in [0.717, 1.165) is 0 Å². The lowest BCUT2D eigenvalue weighted by atomic mass is 9.98. The minimum atomic E-state index is 0. The normalized spacial score (nSPS) is 10.3. The van der Waals surface area contributed by atoms with Gasteiger partial charge in [0, 0.05) is 0 Å². The fraction of sp³-hybridized carbons (Fsp3) is 0.412. The summed E-state index contributed by atoms with van der Waals surface area (Å²) >= 11 is 0. The lowest BCUT2D eigenvalue weighted by molar-refractivity contribution is 0.668. The lowest BCUT2D eigenvalue weighted by Gasteiger charge is -2.07. The van der Waals surface area contributed by atoms with Gasteiger partial charge in [0.15, 0.2) is 0 Å². The molecule has 1 heteroatoms. The topological polar surface area (TPSA) is 35.0 Å². The summed E-state index contributed by atoms with van der Waals surface area (Å²) in [5, 5.41) is 2.83. The molecule has 0 atom stereocenters. The third-order valence-electron chi connectivity index (χ3n) is 3.43. The van der Waals surface area contributed by atoms with Crippen molar-refractivity contribution >= 4 is 10.8 Å². The molecule has 0 aliphatic rings. The van der Waals surface area contributed by atoms with Crippen LogP contribution in [0.2, 0.25) is 0 Å². The molecule has 0 radical (unpaired) electrons. The largest absolute Gasteiger partial charge is 0.344 e. The first-order valence-corrected chi connectivity index (χ1v) is 6.79. The van der Waals surface area contributed by atoms with Crippen LogP contribution in [0.4, 0.5) is 0 Å². The molecule has 0 heterocycles. The Hall–Kier alpha value is -1.34. The number of rotatable bonds is 5. The Balaban J connectivity index is 0.00000162. The second kappa shape index (κ2) is 7.17. The van der Waals surface area contributed by atoms with Gasteiger partial charge in [0.25, 0.3) is 0 Å². The molecule has 0 spiro atoms. The monoisotopic (exact) mass is 243 g/mol. The van der Waals surface area contributed by atoms with Gasteiger partial charge in [0.05, 0.1) is 0 Å². The van der Waals surface area contributed by atoms with E-state index < -0.39 is 0 Å². The summed E-state index contributed by atoms with van der Waals surface area (Å²) in [5.74, 6) is 0. The van der Waals surface area contributed by atoms with Crippen LogP contribution in [0.25, 0.3) is 10.8 Å². The molecule has 2 aromatic rings. The molecule has 2 aromatic carbocycles. The van der Waals surface area contributed by atoms with Crippen molar-refractivity contribution in [3.63, 3.8) is 0 Å². The first kappa shape index (κ1) is 14.7. The van der Waals surface area contributed by atoms with Crippen molar-refractivity contribution in [3.05, 3.63) is 47.5 Å². The molecule has 2 rings (SSSR count). The molecule has 3 N–H and O–H groups in total. The molecule has 0 amide bonds. The summed E-state index contributed by atoms with van der Waals surface area (Å²) in [5.41, 5.74) is 2.88. The van der Waals surface area contributed by atoms with Crippen LogP contribution in [0, 0.1) is 6.92 Å². The highest BCUT2D eigenvalue weighted by atomic mass is 14.1. The fourth-order valence-corrected chi connectivity index (χ4v) is 2.41. The van der Waals surface area contributed by atoms with Gasteiger partial charge in [0.2, 0.25) is 0 Å². The Morgan fingerprint density at radius 3 is 2.56 bits per heavy atom. The van der Waals surface area contributed by atoms with Crippen LogP contribution in [-0.4, -0.2) is 0 Å². The highest BCUT2D eigenvalue weighted by molar-refractivity contribution is 5.86. The van der Waals surface area contributed by atoms with Gasteiger partial charge in [-0.1, -0.05) is 68.1 Å². The van der Waals surface area contributed by atoms with Crippen LogP contribution in [0.3, 0.4) is 0 Å². The number of hydrogen-bond donors (Lipinski definition) is 1. The van der Waals surface area contributed by atoms with Crippen molar-refractivity contribution < 1.29 is 0 Å². The predicted molar refractivity (Wildman–Crippen MR) is 81.6 cm³/mol. The second-order valence-corrected chi connectivity index (χ2v) is 4.95. The van der Waals surface area contributed by atoms with Gasteiger partial charge in [-0.2, -0.15) is 0 Å². The van der Waals surface area contributed by atoms with Crippen LogP contribution in [0.5, 0.6) is 0 Å². The SMILES string of the molecule is CCCCCCc1cccc2ccc(C)cc12.N. The minimum absolute atomic E-state index is 0. The fourth-order valence-electron chi connectivity index (χ4n) is 2.41. The van der Waals surface area contributed by atoms with E-state index >= 15 is 0 Å². The van der Waals surface area contributed by atoms with Crippen LogP contribution >= 0.6 is 0 Å². The van der Waals surface area contributed by atoms with Gasteiger partial charge < -0.3 is 6.15 Å². The first-order chi connectivity index (χ1) is 8.31. The lowest BCUT2D eigenvalue weighted by Crippen LogP contribution is -1.88. The van der Waals surface area contributed by atoms with Crippen molar-refractivity contribution in [1.29, 1.82) is 0 Å². The summed E-state index contributed by atoms with van der Waals surface area (Å²) in [7, 11) is 0. The standard InChI is InChI=1S/C17H22.H3N/c1-3-4-5-6-8-15-9-7-10-16-12-11-14(2)13-17(15)16;/h7,9-13H,3-6,8H2,1-2H3;1H3. The molecule has 0 aliphatic heterocycles. The van der Waals surface area contributed by atoms with E-state index in [0.29, 0.717) is 0 Å². The predicted octanol–water partition coefficient (Wildman–Crippen LogP) is 5.43. The minimum Gasteiger partial charge on any atom is -0.344 e. The van der Waals surface area contributed by atoms with Gasteiger partial charge in [-0.25, -0.2) is 0 Å². The molecule has 0 aromatic heterocycles. The average molecular weight is 243 g/mol. The van der Waals surface area contributed by atoms with Gasteiger partial charge in [-0.05, 0) is 36.1 Å². The maximum absolute atomic E-state index is 2.32. The molecular formula is C17H25N. The van der Waals surface area contributed by atoms with Crippen LogP contribution in [-0.2, 0) is 6.42 Å². The van der Waals surface area contributed by atoms with Crippen molar-refractivity contribution in [1.82, 2.24) is 6.15 Å². The maximum atomic E-state index is 2.32. The van der Waals surface area contributed by atoms with Crippen molar-refractivity contribution in [3.8, 4) is 0 Å². The number of unbranched alkanes of at least 4 members (excludes halogenated alkanes) is 3. The zero-order valence-electron chi connectivity index (χ0n) is 11.7. The zero-order chi connectivity index (χ0) is 12.1. The molecule has 0 bridgehead atoms. The summed E-state index contributed by atoms with van der Waals surface area (Å²) in [6.45, 7) is 4.44. The van der Waals surface area contributed by atoms with E-state index in [1.54, 1.807) is 0 Å². The zero-order valence-corrected chi connectivity index (χ0v) is 11.7. The molecule has 0 fully saturated rings. The highest BCUT2D eigenvalue weighted by Gasteiger charge is 2.00. The quantitative estimate of drug-likeness (QED) is 0.698. The Kier molecular flexibility index (Phi) is 5.87. The Morgan fingerprint density at radius 1 is 0.944 bits per heavy atom. The summed E-state index contributed by atoms with van der Waals surface area (Å²) in [6, 6.07) is 13.4. The molecule has 0 aliphatic carbocycles. The number of fused-ring (bicyclic) bond motifs is 1. The Labute approximate surface area is 111 Å². The third-order valence-corrected chi connectivity index (χ3v) is 3.43. The first-order valence-electron chi connectivity index (χ1n) is 6.79. The van der Waals surface area contributed by atoms with Crippen LogP contribution in [0.1, 0.15) is 43.7 Å². The summed E-state index contributed by atoms with van der Waals surface area (Å²) < 4.78 is 0. The maximum Gasteiger partial charge on any atom is -0.0149 e. The Morgan fingerprint density at radius 2 is 1.78 bits per heavy atom. The van der Waals surface area contributed by atoms with Crippen LogP contribution in [0.15, 0.2) is 36.4 Å². The van der Waals surface area contributed by atoms with Gasteiger partial charge in [-0.15, -0.1) is 0 Å². The second-order valence-electron chi connectivity index (χ2n) is 4.95. The summed E-state index contributed by atoms with van der Waals surface area (Å²) in [6.07, 6.45) is 6.58. The smallest absolute Gasteiger partial charge is 0.0149 e. The number of aryl methyl sites for hydroxylation is 2. The van der Waals surface area contributed by atoms with E-state index in [1.807, 2.05) is 0 Å². The van der Waals surface area contributed by atoms with Crippen molar-refractivity contribution in [2.75, 3.05) is 0 Å². The molecule has 0 unspecified atom stereocenters.